The van der Waals surface area contributed by atoms with Crippen LogP contribution in [-0.2, 0) is 23.9 Å². The fourth-order valence-corrected chi connectivity index (χ4v) is 2.92. The predicted octanol–water partition coefficient (Wildman–Crippen LogP) is 2.32. The van der Waals surface area contributed by atoms with Crippen molar-refractivity contribution in [3.8, 4) is 0 Å². The standard InChI is InChI=1S/C13H11ClF3N5O/c14-10-5-9(13(15,16)17)4-8-2-1-3-22(12(8)10)11(23)6-21-7-18-19-20-21/h4-5,7H,1-3,6H2. The smallest absolute Gasteiger partial charge is 0.309 e. The number of rotatable bonds is 2. The number of nitrogens with zero attached hydrogens (tertiary/aromatic N) is 5. The Labute approximate surface area is 133 Å². The van der Waals surface area contributed by atoms with Crippen molar-refractivity contribution in [1.82, 2.24) is 20.2 Å². The largest absolute Gasteiger partial charge is 0.416 e. The molecule has 0 bridgehead atoms. The Balaban J connectivity index is 1.94. The van der Waals surface area contributed by atoms with Gasteiger partial charge >= 0.3 is 6.18 Å². The second-order valence-electron chi connectivity index (χ2n) is 5.12. The number of aromatic nitrogens is 4. The van der Waals surface area contributed by atoms with Crippen molar-refractivity contribution in [2.75, 3.05) is 11.4 Å². The molecule has 1 aliphatic rings. The van der Waals surface area contributed by atoms with E-state index in [-0.39, 0.29) is 17.5 Å². The number of alkyl halides is 3. The van der Waals surface area contributed by atoms with Gasteiger partial charge in [0.15, 0.2) is 0 Å². The first-order valence-electron chi connectivity index (χ1n) is 6.77. The number of anilines is 1. The van der Waals surface area contributed by atoms with Crippen molar-refractivity contribution < 1.29 is 18.0 Å². The monoisotopic (exact) mass is 345 g/mol. The zero-order chi connectivity index (χ0) is 16.6. The molecule has 0 radical (unpaired) electrons. The average molecular weight is 346 g/mol. The van der Waals surface area contributed by atoms with Crippen LogP contribution in [0, 0.1) is 0 Å². The van der Waals surface area contributed by atoms with Crippen molar-refractivity contribution in [1.29, 1.82) is 0 Å². The number of amides is 1. The third-order valence-electron chi connectivity index (χ3n) is 3.56. The minimum Gasteiger partial charge on any atom is -0.309 e. The van der Waals surface area contributed by atoms with Gasteiger partial charge in [0.05, 0.1) is 16.3 Å². The van der Waals surface area contributed by atoms with Gasteiger partial charge in [-0.25, -0.2) is 4.68 Å². The number of carbonyl (C=O) groups is 1. The maximum absolute atomic E-state index is 12.9. The number of carbonyl (C=O) groups excluding carboxylic acids is 1. The van der Waals surface area contributed by atoms with E-state index in [2.05, 4.69) is 15.5 Å². The summed E-state index contributed by atoms with van der Waals surface area (Å²) in [6.45, 7) is 0.281. The summed E-state index contributed by atoms with van der Waals surface area (Å²) in [7, 11) is 0. The molecule has 6 nitrogen and oxygen atoms in total. The maximum Gasteiger partial charge on any atom is 0.416 e. The Bertz CT molecular complexity index is 732. The first kappa shape index (κ1) is 15.7. The second kappa shape index (κ2) is 5.80. The number of tetrazole rings is 1. The Kier molecular flexibility index (Phi) is 3.97. The highest BCUT2D eigenvalue weighted by molar-refractivity contribution is 6.34. The first-order valence-corrected chi connectivity index (χ1v) is 7.15. The van der Waals surface area contributed by atoms with E-state index in [4.69, 9.17) is 11.6 Å². The van der Waals surface area contributed by atoms with Gasteiger partial charge in [-0.15, -0.1) is 5.10 Å². The number of halogens is 4. The Morgan fingerprint density at radius 1 is 1.35 bits per heavy atom. The van der Waals surface area contributed by atoms with Crippen LogP contribution in [0.25, 0.3) is 0 Å². The molecular formula is C13H11ClF3N5O. The quantitative estimate of drug-likeness (QED) is 0.838. The number of fused-ring (bicyclic) bond motifs is 1. The van der Waals surface area contributed by atoms with Gasteiger partial charge in [0.2, 0.25) is 5.91 Å². The van der Waals surface area contributed by atoms with Crippen molar-refractivity contribution in [3.63, 3.8) is 0 Å². The number of hydrogen-bond donors (Lipinski definition) is 0. The summed E-state index contributed by atoms with van der Waals surface area (Å²) in [5, 5.41) is 10.4. The molecular weight excluding hydrogens is 335 g/mol. The van der Waals surface area contributed by atoms with E-state index in [1.165, 1.54) is 15.9 Å². The van der Waals surface area contributed by atoms with Crippen LogP contribution in [0.3, 0.4) is 0 Å². The lowest BCUT2D eigenvalue weighted by Gasteiger charge is -2.31. The third-order valence-corrected chi connectivity index (χ3v) is 3.85. The molecule has 0 fully saturated rings. The summed E-state index contributed by atoms with van der Waals surface area (Å²) in [6.07, 6.45) is -2.19. The summed E-state index contributed by atoms with van der Waals surface area (Å²) >= 11 is 6.03. The molecule has 0 saturated carbocycles. The van der Waals surface area contributed by atoms with E-state index in [9.17, 15) is 18.0 Å². The van der Waals surface area contributed by atoms with E-state index in [0.29, 0.717) is 30.6 Å². The molecule has 1 aliphatic heterocycles. The SMILES string of the molecule is O=C(Cn1cnnn1)N1CCCc2cc(C(F)(F)F)cc(Cl)c21. The van der Waals surface area contributed by atoms with Crippen LogP contribution in [-0.4, -0.2) is 32.7 Å². The molecule has 0 spiro atoms. The second-order valence-corrected chi connectivity index (χ2v) is 5.53. The van der Waals surface area contributed by atoms with E-state index in [1.807, 2.05) is 0 Å². The Morgan fingerprint density at radius 2 is 2.13 bits per heavy atom. The molecule has 10 heteroatoms. The summed E-state index contributed by atoms with van der Waals surface area (Å²) in [5.74, 6) is -0.333. The Morgan fingerprint density at radius 3 is 2.78 bits per heavy atom. The highest BCUT2D eigenvalue weighted by atomic mass is 35.5. The van der Waals surface area contributed by atoms with E-state index in [0.717, 1.165) is 12.1 Å². The molecule has 0 unspecified atom stereocenters. The van der Waals surface area contributed by atoms with Gasteiger partial charge in [-0.3, -0.25) is 4.79 Å². The molecule has 0 aliphatic carbocycles. The number of hydrogen-bond acceptors (Lipinski definition) is 4. The molecule has 2 aromatic rings. The van der Waals surface area contributed by atoms with Crippen molar-refractivity contribution >= 4 is 23.2 Å². The lowest BCUT2D eigenvalue weighted by atomic mass is 9.98. The van der Waals surface area contributed by atoms with E-state index < -0.39 is 11.7 Å². The van der Waals surface area contributed by atoms with Crippen LogP contribution >= 0.6 is 11.6 Å². The molecule has 1 amide bonds. The normalized spacial score (nSPS) is 14.7. The molecule has 1 aromatic heterocycles. The fourth-order valence-electron chi connectivity index (χ4n) is 2.58. The lowest BCUT2D eigenvalue weighted by Crippen LogP contribution is -2.38. The van der Waals surface area contributed by atoms with Gasteiger partial charge in [-0.1, -0.05) is 11.6 Å². The summed E-state index contributed by atoms with van der Waals surface area (Å²) in [4.78, 5) is 13.8. The molecule has 23 heavy (non-hydrogen) atoms. The molecule has 0 N–H and O–H groups in total. The van der Waals surface area contributed by atoms with Gasteiger partial charge in [0, 0.05) is 6.54 Å². The Hall–Kier alpha value is -2.16. The average Bonchev–Trinajstić information content (AvgIpc) is 2.98. The van der Waals surface area contributed by atoms with E-state index >= 15 is 0 Å². The van der Waals surface area contributed by atoms with Crippen LogP contribution < -0.4 is 4.90 Å². The van der Waals surface area contributed by atoms with Gasteiger partial charge in [0.1, 0.15) is 12.9 Å². The molecule has 0 atom stereocenters. The minimum atomic E-state index is -4.47. The summed E-state index contributed by atoms with van der Waals surface area (Å²) in [5.41, 5.74) is -0.0545. The molecule has 0 saturated heterocycles. The van der Waals surface area contributed by atoms with Crippen LogP contribution in [0.15, 0.2) is 18.5 Å². The van der Waals surface area contributed by atoms with Crippen LogP contribution in [0.4, 0.5) is 18.9 Å². The first-order chi connectivity index (χ1) is 10.9. The van der Waals surface area contributed by atoms with Crippen molar-refractivity contribution in [2.24, 2.45) is 0 Å². The zero-order valence-corrected chi connectivity index (χ0v) is 12.5. The molecule has 3 rings (SSSR count). The highest BCUT2D eigenvalue weighted by Gasteiger charge is 2.34. The summed E-state index contributed by atoms with van der Waals surface area (Å²) in [6, 6.07) is 1.90. The van der Waals surface area contributed by atoms with Gasteiger partial charge in [-0.2, -0.15) is 13.2 Å². The van der Waals surface area contributed by atoms with Crippen molar-refractivity contribution in [2.45, 2.75) is 25.6 Å². The molecule has 1 aromatic carbocycles. The van der Waals surface area contributed by atoms with Gasteiger partial charge in [-0.05, 0) is 41.0 Å². The minimum absolute atomic E-state index is 0.0837. The van der Waals surface area contributed by atoms with Crippen LogP contribution in [0.1, 0.15) is 17.5 Å². The van der Waals surface area contributed by atoms with Crippen LogP contribution in [0.5, 0.6) is 0 Å². The van der Waals surface area contributed by atoms with Crippen molar-refractivity contribution in [3.05, 3.63) is 34.6 Å². The number of benzene rings is 1. The predicted molar refractivity (Wildman–Crippen MR) is 74.9 cm³/mol. The maximum atomic E-state index is 12.9. The lowest BCUT2D eigenvalue weighted by molar-refractivity contribution is -0.137. The van der Waals surface area contributed by atoms with Gasteiger partial charge < -0.3 is 4.90 Å². The van der Waals surface area contributed by atoms with Crippen LogP contribution in [0.2, 0.25) is 5.02 Å². The molecule has 2 heterocycles. The number of aryl methyl sites for hydroxylation is 1. The highest BCUT2D eigenvalue weighted by Crippen LogP contribution is 2.40. The molecule has 122 valence electrons. The fraction of sp³-hybridized carbons (Fsp3) is 0.385. The summed E-state index contributed by atoms with van der Waals surface area (Å²) < 4.78 is 39.9. The van der Waals surface area contributed by atoms with Gasteiger partial charge in [0.25, 0.3) is 0 Å². The topological polar surface area (TPSA) is 63.9 Å². The third kappa shape index (κ3) is 3.14. The zero-order valence-electron chi connectivity index (χ0n) is 11.7. The van der Waals surface area contributed by atoms with E-state index in [1.54, 1.807) is 0 Å².